The second kappa shape index (κ2) is 3.85. The molecule has 2 saturated heterocycles. The highest BCUT2D eigenvalue weighted by Crippen LogP contribution is 2.24. The smallest absolute Gasteiger partial charge is 0.408 e. The van der Waals surface area contributed by atoms with Gasteiger partial charge >= 0.3 is 14.0 Å². The summed E-state index contributed by atoms with van der Waals surface area (Å²) in [5.41, 5.74) is 0. The fraction of sp³-hybridized carbons (Fsp3) is 1.00. The minimum Gasteiger partial charge on any atom is -0.408 e. The van der Waals surface area contributed by atoms with Crippen LogP contribution in [-0.2, 0) is 18.6 Å². The first-order chi connectivity index (χ1) is 6.58. The quantitative estimate of drug-likeness (QED) is 0.580. The summed E-state index contributed by atoms with van der Waals surface area (Å²) in [7, 11) is -0.736. The Balaban J connectivity index is 1.92. The molecule has 2 aliphatic rings. The van der Waals surface area contributed by atoms with E-state index >= 15 is 0 Å². The van der Waals surface area contributed by atoms with Gasteiger partial charge in [-0.1, -0.05) is 0 Å². The average molecular weight is 198 g/mol. The normalized spacial score (nSPS) is 43.7. The first kappa shape index (κ1) is 10.5. The van der Waals surface area contributed by atoms with E-state index in [2.05, 4.69) is 0 Å². The maximum absolute atomic E-state index is 5.58. The molecule has 0 aromatic heterocycles. The molecule has 2 aliphatic heterocycles. The first-order valence-corrected chi connectivity index (χ1v) is 5.20. The van der Waals surface area contributed by atoms with Gasteiger partial charge in [0.25, 0.3) is 0 Å². The van der Waals surface area contributed by atoms with E-state index < -0.39 is 0 Å². The molecule has 6 heteroatoms. The fourth-order valence-corrected chi connectivity index (χ4v) is 1.61. The summed E-state index contributed by atoms with van der Waals surface area (Å²) in [4.78, 5) is 0. The molecule has 0 amide bonds. The van der Waals surface area contributed by atoms with Gasteiger partial charge in [0.2, 0.25) is 0 Å². The van der Waals surface area contributed by atoms with Crippen LogP contribution in [0.15, 0.2) is 0 Å². The van der Waals surface area contributed by atoms with Gasteiger partial charge in [-0.3, -0.25) is 0 Å². The summed E-state index contributed by atoms with van der Waals surface area (Å²) in [6.45, 7) is 7.97. The predicted octanol–water partition coefficient (Wildman–Crippen LogP) is 0.689. The summed E-state index contributed by atoms with van der Waals surface area (Å²) < 4.78 is 22.3. The summed E-state index contributed by atoms with van der Waals surface area (Å²) >= 11 is 0. The van der Waals surface area contributed by atoms with Gasteiger partial charge in [-0.05, 0) is 27.7 Å². The van der Waals surface area contributed by atoms with Crippen molar-refractivity contribution in [1.82, 2.24) is 0 Å². The van der Waals surface area contributed by atoms with Gasteiger partial charge in [0.05, 0.1) is 24.4 Å². The first-order valence-electron chi connectivity index (χ1n) is 5.20. The highest BCUT2D eigenvalue weighted by Gasteiger charge is 2.51. The molecule has 0 bridgehead atoms. The zero-order chi connectivity index (χ0) is 10.3. The molecule has 0 spiro atoms. The zero-order valence-corrected chi connectivity index (χ0v) is 9.10. The maximum atomic E-state index is 5.58. The molecule has 2 fully saturated rings. The Kier molecular flexibility index (Phi) is 2.88. The van der Waals surface area contributed by atoms with Crippen molar-refractivity contribution in [2.24, 2.45) is 0 Å². The van der Waals surface area contributed by atoms with Crippen molar-refractivity contribution in [1.29, 1.82) is 0 Å². The van der Waals surface area contributed by atoms with Crippen molar-refractivity contribution in [3.05, 3.63) is 0 Å². The molecule has 0 aromatic rings. The van der Waals surface area contributed by atoms with Crippen LogP contribution in [-0.4, -0.2) is 38.4 Å². The van der Waals surface area contributed by atoms with Gasteiger partial charge in [0.15, 0.2) is 0 Å². The van der Waals surface area contributed by atoms with E-state index in [0.717, 1.165) is 0 Å². The van der Waals surface area contributed by atoms with Gasteiger partial charge in [-0.25, -0.2) is 0 Å². The van der Waals surface area contributed by atoms with Gasteiger partial charge in [0.1, 0.15) is 0 Å². The third kappa shape index (κ3) is 1.84. The molecule has 0 saturated carbocycles. The lowest BCUT2D eigenvalue weighted by atomic mass is 9.49. The van der Waals surface area contributed by atoms with Gasteiger partial charge < -0.3 is 18.6 Å². The van der Waals surface area contributed by atoms with Crippen LogP contribution in [0.25, 0.3) is 0 Å². The molecular formula is C8H16B2O4. The molecule has 0 N–H and O–H groups in total. The molecule has 2 rings (SSSR count). The van der Waals surface area contributed by atoms with Crippen LogP contribution in [0, 0.1) is 0 Å². The zero-order valence-electron chi connectivity index (χ0n) is 9.10. The molecule has 2 heterocycles. The van der Waals surface area contributed by atoms with Gasteiger partial charge in [-0.2, -0.15) is 0 Å². The Labute approximate surface area is 85.5 Å². The highest BCUT2D eigenvalue weighted by molar-refractivity contribution is 7.11. The SMILES string of the molecule is C[C@@H]1OB(B2O[C@@H](C)[C@@H](C)O2)O[C@@H]1C. The summed E-state index contributed by atoms with van der Waals surface area (Å²) in [6.07, 6.45) is 0.439. The van der Waals surface area contributed by atoms with E-state index in [9.17, 15) is 0 Å². The Bertz CT molecular complexity index is 174. The lowest BCUT2D eigenvalue weighted by Crippen LogP contribution is -2.39. The van der Waals surface area contributed by atoms with Crippen LogP contribution >= 0.6 is 0 Å². The van der Waals surface area contributed by atoms with Crippen molar-refractivity contribution in [3.8, 4) is 0 Å². The molecule has 0 aromatic carbocycles. The summed E-state index contributed by atoms with van der Waals surface area (Å²) in [5, 5.41) is 0. The van der Waals surface area contributed by atoms with E-state index in [1.807, 2.05) is 27.7 Å². The van der Waals surface area contributed by atoms with Crippen LogP contribution < -0.4 is 0 Å². The molecule has 14 heavy (non-hydrogen) atoms. The van der Waals surface area contributed by atoms with E-state index in [1.165, 1.54) is 0 Å². The summed E-state index contributed by atoms with van der Waals surface area (Å²) in [6, 6.07) is 0. The Morgan fingerprint density at radius 3 is 1.00 bits per heavy atom. The minimum atomic E-state index is -0.368. The molecule has 4 atom stereocenters. The molecule has 0 radical (unpaired) electrons. The fourth-order valence-electron chi connectivity index (χ4n) is 1.61. The number of hydrogen-bond donors (Lipinski definition) is 0. The molecule has 78 valence electrons. The van der Waals surface area contributed by atoms with E-state index in [-0.39, 0.29) is 38.4 Å². The van der Waals surface area contributed by atoms with Crippen molar-refractivity contribution in [2.45, 2.75) is 52.1 Å². The van der Waals surface area contributed by atoms with E-state index in [0.29, 0.717) is 0 Å². The van der Waals surface area contributed by atoms with Crippen LogP contribution in [0.5, 0.6) is 0 Å². The standard InChI is InChI=1S/C8H16B2O4/c1-5-6(2)12-9(11-5)10-13-7(3)8(4)14-10/h5-8H,1-4H3/t5-,6+,7-,8+. The van der Waals surface area contributed by atoms with Crippen molar-refractivity contribution in [3.63, 3.8) is 0 Å². The van der Waals surface area contributed by atoms with Crippen LogP contribution in [0.4, 0.5) is 0 Å². The second-order valence-electron chi connectivity index (χ2n) is 4.10. The van der Waals surface area contributed by atoms with Gasteiger partial charge in [-0.15, -0.1) is 0 Å². The van der Waals surface area contributed by atoms with E-state index in [4.69, 9.17) is 18.6 Å². The Morgan fingerprint density at radius 2 is 0.786 bits per heavy atom. The Morgan fingerprint density at radius 1 is 0.571 bits per heavy atom. The van der Waals surface area contributed by atoms with Gasteiger partial charge in [0, 0.05) is 0 Å². The van der Waals surface area contributed by atoms with E-state index in [1.54, 1.807) is 0 Å². The lowest BCUT2D eigenvalue weighted by Gasteiger charge is -2.07. The molecule has 4 nitrogen and oxygen atoms in total. The lowest BCUT2D eigenvalue weighted by molar-refractivity contribution is 0.187. The van der Waals surface area contributed by atoms with Crippen LogP contribution in [0.3, 0.4) is 0 Å². The molecular weight excluding hydrogens is 182 g/mol. The largest absolute Gasteiger partial charge is 0.488 e. The minimum absolute atomic E-state index is 0.110. The average Bonchev–Trinajstić information content (AvgIpc) is 2.60. The highest BCUT2D eigenvalue weighted by atomic mass is 16.7. The third-order valence-electron chi connectivity index (χ3n) is 2.94. The van der Waals surface area contributed by atoms with Crippen molar-refractivity contribution < 1.29 is 18.6 Å². The van der Waals surface area contributed by atoms with Crippen LogP contribution in [0.2, 0.25) is 0 Å². The monoisotopic (exact) mass is 198 g/mol. The number of rotatable bonds is 1. The second-order valence-corrected chi connectivity index (χ2v) is 4.10. The molecule has 0 unspecified atom stereocenters. The van der Waals surface area contributed by atoms with Crippen molar-refractivity contribution in [2.75, 3.05) is 0 Å². The third-order valence-corrected chi connectivity index (χ3v) is 2.94. The summed E-state index contributed by atoms with van der Waals surface area (Å²) in [5.74, 6) is 0. The predicted molar refractivity (Wildman–Crippen MR) is 53.7 cm³/mol. The van der Waals surface area contributed by atoms with Crippen LogP contribution in [0.1, 0.15) is 27.7 Å². The molecule has 0 aliphatic carbocycles. The maximum Gasteiger partial charge on any atom is 0.488 e. The van der Waals surface area contributed by atoms with Crippen molar-refractivity contribution >= 4 is 14.0 Å². The topological polar surface area (TPSA) is 36.9 Å². The Hall–Kier alpha value is -0.0301. The number of hydrogen-bond acceptors (Lipinski definition) is 4.